The Kier molecular flexibility index (Phi) is 9.03. The van der Waals surface area contributed by atoms with Crippen molar-refractivity contribution in [2.75, 3.05) is 6.61 Å². The summed E-state index contributed by atoms with van der Waals surface area (Å²) < 4.78 is 11.8. The van der Waals surface area contributed by atoms with Gasteiger partial charge in [-0.1, -0.05) is 65.3 Å². The highest BCUT2D eigenvalue weighted by atomic mass is 79.9. The van der Waals surface area contributed by atoms with E-state index in [-0.39, 0.29) is 12.2 Å². The zero-order valence-corrected chi connectivity index (χ0v) is 16.0. The number of rotatable bonds is 8. The first-order valence-corrected chi connectivity index (χ1v) is 9.86. The minimum atomic E-state index is -0.443. The standard InChI is InChI=1S/C20H29BrO3/c1-2-19-17(21)11-6-7-13-20(24-19)18(22)12-8-14-23-15-16-9-4-3-5-10-16/h3-7,9-10,17-20,22H,2,8,11-15H2,1H3/b7-6-/t17-,18-,19+,20-/m0/s1. The zero-order chi connectivity index (χ0) is 17.2. The van der Waals surface area contributed by atoms with Gasteiger partial charge in [0.2, 0.25) is 0 Å². The van der Waals surface area contributed by atoms with E-state index >= 15 is 0 Å². The summed E-state index contributed by atoms with van der Waals surface area (Å²) in [6.07, 6.45) is 8.16. The molecule has 0 bridgehead atoms. The summed E-state index contributed by atoms with van der Waals surface area (Å²) in [5.74, 6) is 0. The number of hydrogen-bond donors (Lipinski definition) is 1. The summed E-state index contributed by atoms with van der Waals surface area (Å²) in [4.78, 5) is 0.322. The van der Waals surface area contributed by atoms with Crippen LogP contribution in [0.15, 0.2) is 42.5 Å². The van der Waals surface area contributed by atoms with Crippen LogP contribution in [-0.4, -0.2) is 34.9 Å². The lowest BCUT2D eigenvalue weighted by molar-refractivity contribution is -0.0808. The Morgan fingerprint density at radius 2 is 2.00 bits per heavy atom. The lowest BCUT2D eigenvalue weighted by Crippen LogP contribution is -2.37. The molecule has 134 valence electrons. The van der Waals surface area contributed by atoms with Gasteiger partial charge in [0, 0.05) is 11.4 Å². The molecule has 3 nitrogen and oxygen atoms in total. The fourth-order valence-electron chi connectivity index (χ4n) is 2.92. The van der Waals surface area contributed by atoms with Crippen LogP contribution < -0.4 is 0 Å². The molecule has 1 aliphatic rings. The van der Waals surface area contributed by atoms with Gasteiger partial charge in [0.05, 0.1) is 24.9 Å². The van der Waals surface area contributed by atoms with Gasteiger partial charge in [0.15, 0.2) is 0 Å². The molecule has 1 heterocycles. The van der Waals surface area contributed by atoms with Gasteiger partial charge >= 0.3 is 0 Å². The van der Waals surface area contributed by atoms with Crippen molar-refractivity contribution < 1.29 is 14.6 Å². The number of ether oxygens (including phenoxy) is 2. The van der Waals surface area contributed by atoms with Gasteiger partial charge in [-0.3, -0.25) is 0 Å². The van der Waals surface area contributed by atoms with Gasteiger partial charge in [-0.15, -0.1) is 0 Å². The van der Waals surface area contributed by atoms with E-state index in [4.69, 9.17) is 9.47 Å². The Morgan fingerprint density at radius 1 is 1.25 bits per heavy atom. The molecule has 0 amide bonds. The predicted octanol–water partition coefficient (Wildman–Crippen LogP) is 4.62. The predicted molar refractivity (Wildman–Crippen MR) is 101 cm³/mol. The SMILES string of the molecule is CC[C@H]1O[C@H]([C@@H](O)CCCOCc2ccccc2)C/C=C\C[C@@H]1Br. The van der Waals surface area contributed by atoms with Gasteiger partial charge in [-0.05, 0) is 37.7 Å². The highest BCUT2D eigenvalue weighted by Gasteiger charge is 2.26. The number of allylic oxidation sites excluding steroid dienone is 1. The van der Waals surface area contributed by atoms with Crippen molar-refractivity contribution in [3.63, 3.8) is 0 Å². The molecular formula is C20H29BrO3. The molecular weight excluding hydrogens is 368 g/mol. The van der Waals surface area contributed by atoms with E-state index in [1.54, 1.807) is 0 Å². The largest absolute Gasteiger partial charge is 0.390 e. The summed E-state index contributed by atoms with van der Waals surface area (Å²) in [5, 5.41) is 10.5. The van der Waals surface area contributed by atoms with Crippen LogP contribution in [0.2, 0.25) is 0 Å². The number of hydrogen-bond acceptors (Lipinski definition) is 3. The first-order valence-electron chi connectivity index (χ1n) is 8.95. The van der Waals surface area contributed by atoms with Crippen LogP contribution in [0.4, 0.5) is 0 Å². The van der Waals surface area contributed by atoms with Gasteiger partial charge < -0.3 is 14.6 Å². The third-order valence-electron chi connectivity index (χ3n) is 4.38. The summed E-state index contributed by atoms with van der Waals surface area (Å²) in [7, 11) is 0. The normalized spacial score (nSPS) is 27.2. The molecule has 0 aromatic heterocycles. The second-order valence-electron chi connectivity index (χ2n) is 6.33. The summed E-state index contributed by atoms with van der Waals surface area (Å²) in [6.45, 7) is 3.42. The molecule has 4 atom stereocenters. The average Bonchev–Trinajstić information content (AvgIpc) is 2.59. The summed E-state index contributed by atoms with van der Waals surface area (Å²) in [6, 6.07) is 10.2. The quantitative estimate of drug-likeness (QED) is 0.395. The second kappa shape index (κ2) is 11.0. The molecule has 0 saturated carbocycles. The molecule has 0 saturated heterocycles. The molecule has 0 spiro atoms. The molecule has 24 heavy (non-hydrogen) atoms. The van der Waals surface area contributed by atoms with E-state index in [1.807, 2.05) is 18.2 Å². The van der Waals surface area contributed by atoms with Gasteiger partial charge in [-0.2, -0.15) is 0 Å². The van der Waals surface area contributed by atoms with E-state index in [0.29, 0.717) is 24.5 Å². The van der Waals surface area contributed by atoms with Crippen LogP contribution in [0, 0.1) is 0 Å². The molecule has 4 heteroatoms. The maximum absolute atomic E-state index is 10.5. The number of halogens is 1. The number of alkyl halides is 1. The Balaban J connectivity index is 1.69. The summed E-state index contributed by atoms with van der Waals surface area (Å²) in [5.41, 5.74) is 1.18. The monoisotopic (exact) mass is 396 g/mol. The zero-order valence-electron chi connectivity index (χ0n) is 14.4. The Bertz CT molecular complexity index is 477. The molecule has 0 fully saturated rings. The van der Waals surface area contributed by atoms with Crippen molar-refractivity contribution in [3.05, 3.63) is 48.0 Å². The third kappa shape index (κ3) is 6.67. The molecule has 1 aromatic carbocycles. The van der Waals surface area contributed by atoms with E-state index < -0.39 is 6.10 Å². The number of benzene rings is 1. The van der Waals surface area contributed by atoms with Gasteiger partial charge in [0.25, 0.3) is 0 Å². The van der Waals surface area contributed by atoms with Crippen molar-refractivity contribution in [1.29, 1.82) is 0 Å². The second-order valence-corrected chi connectivity index (χ2v) is 7.50. The number of aliphatic hydroxyl groups is 1. The van der Waals surface area contributed by atoms with Crippen molar-refractivity contribution in [2.24, 2.45) is 0 Å². The van der Waals surface area contributed by atoms with E-state index in [9.17, 15) is 5.11 Å². The third-order valence-corrected chi connectivity index (χ3v) is 5.34. The highest BCUT2D eigenvalue weighted by Crippen LogP contribution is 2.24. The smallest absolute Gasteiger partial charge is 0.0872 e. The van der Waals surface area contributed by atoms with Crippen LogP contribution in [0.5, 0.6) is 0 Å². The maximum atomic E-state index is 10.5. The van der Waals surface area contributed by atoms with Crippen molar-refractivity contribution in [1.82, 2.24) is 0 Å². The molecule has 1 aromatic rings. The Morgan fingerprint density at radius 3 is 2.75 bits per heavy atom. The van der Waals surface area contributed by atoms with Crippen molar-refractivity contribution in [2.45, 2.75) is 68.8 Å². The molecule has 0 unspecified atom stereocenters. The molecule has 1 N–H and O–H groups in total. The Hall–Kier alpha value is -0.680. The fraction of sp³-hybridized carbons (Fsp3) is 0.600. The lowest BCUT2D eigenvalue weighted by atomic mass is 10.0. The minimum absolute atomic E-state index is 0.124. The summed E-state index contributed by atoms with van der Waals surface area (Å²) >= 11 is 3.69. The number of aliphatic hydroxyl groups excluding tert-OH is 1. The van der Waals surface area contributed by atoms with Crippen LogP contribution in [0.25, 0.3) is 0 Å². The van der Waals surface area contributed by atoms with Crippen LogP contribution in [0.3, 0.4) is 0 Å². The lowest BCUT2D eigenvalue weighted by Gasteiger charge is -2.31. The fourth-order valence-corrected chi connectivity index (χ4v) is 3.63. The van der Waals surface area contributed by atoms with E-state index in [0.717, 1.165) is 25.7 Å². The van der Waals surface area contributed by atoms with Gasteiger partial charge in [-0.25, -0.2) is 0 Å². The minimum Gasteiger partial charge on any atom is -0.390 e. The van der Waals surface area contributed by atoms with Crippen LogP contribution >= 0.6 is 15.9 Å². The Labute approximate surface area is 154 Å². The molecule has 2 rings (SSSR count). The highest BCUT2D eigenvalue weighted by molar-refractivity contribution is 9.09. The average molecular weight is 397 g/mol. The molecule has 0 aliphatic carbocycles. The first-order chi connectivity index (χ1) is 11.7. The van der Waals surface area contributed by atoms with Crippen LogP contribution in [-0.2, 0) is 16.1 Å². The van der Waals surface area contributed by atoms with Gasteiger partial charge in [0.1, 0.15) is 0 Å². The van der Waals surface area contributed by atoms with E-state index in [1.165, 1.54) is 5.56 Å². The van der Waals surface area contributed by atoms with E-state index in [2.05, 4.69) is 47.1 Å². The first kappa shape index (κ1) is 19.6. The molecule has 1 aliphatic heterocycles. The van der Waals surface area contributed by atoms with Crippen molar-refractivity contribution >= 4 is 15.9 Å². The topological polar surface area (TPSA) is 38.7 Å². The molecule has 0 radical (unpaired) electrons. The van der Waals surface area contributed by atoms with Crippen molar-refractivity contribution in [3.8, 4) is 0 Å². The van der Waals surface area contributed by atoms with Crippen LogP contribution in [0.1, 0.15) is 44.6 Å². The maximum Gasteiger partial charge on any atom is 0.0872 e.